The molecular weight excluding hydrogens is 196 g/mol. The number of carboxylic acid groups (broad SMARTS) is 1. The van der Waals surface area contributed by atoms with Crippen molar-refractivity contribution in [3.05, 3.63) is 29.3 Å². The van der Waals surface area contributed by atoms with Crippen LogP contribution < -0.4 is 0 Å². The number of phenolic OH excluding ortho intramolecular Hbond substituents is 1. The van der Waals surface area contributed by atoms with E-state index < -0.39 is 11.6 Å². The molecule has 1 aliphatic carbocycles. The molecule has 0 heterocycles. The molecule has 1 aromatic carbocycles. The van der Waals surface area contributed by atoms with E-state index in [1.165, 1.54) is 18.2 Å². The molecule has 0 saturated heterocycles. The van der Waals surface area contributed by atoms with E-state index in [9.17, 15) is 15.0 Å². The Balaban J connectivity index is 2.56. The summed E-state index contributed by atoms with van der Waals surface area (Å²) in [5, 5.41) is 28.3. The number of hydrogen-bond acceptors (Lipinski definition) is 3. The summed E-state index contributed by atoms with van der Waals surface area (Å²) in [7, 11) is 0. The van der Waals surface area contributed by atoms with Crippen molar-refractivity contribution in [1.29, 1.82) is 0 Å². The highest BCUT2D eigenvalue weighted by Crippen LogP contribution is 2.36. The lowest BCUT2D eigenvalue weighted by atomic mass is 9.79. The first-order chi connectivity index (χ1) is 7.04. The Morgan fingerprint density at radius 2 is 2.13 bits per heavy atom. The predicted molar refractivity (Wildman–Crippen MR) is 52.6 cm³/mol. The van der Waals surface area contributed by atoms with Crippen LogP contribution in [0.2, 0.25) is 0 Å². The molecule has 2 rings (SSSR count). The summed E-state index contributed by atoms with van der Waals surface area (Å²) in [5.41, 5.74) is -0.674. The lowest BCUT2D eigenvalue weighted by molar-refractivity contribution is -0.161. The molecule has 0 aliphatic heterocycles. The highest BCUT2D eigenvalue weighted by molar-refractivity contribution is 5.80. The molecule has 4 heteroatoms. The lowest BCUT2D eigenvalue weighted by Crippen LogP contribution is -2.38. The molecule has 0 aromatic heterocycles. The van der Waals surface area contributed by atoms with Crippen LogP contribution in [0.3, 0.4) is 0 Å². The number of hydrogen-bond donors (Lipinski definition) is 3. The summed E-state index contributed by atoms with van der Waals surface area (Å²) in [6.07, 6.45) is 1.53. The molecule has 1 atom stereocenters. The molecule has 0 spiro atoms. The fraction of sp³-hybridized carbons (Fsp3) is 0.364. The van der Waals surface area contributed by atoms with Gasteiger partial charge in [0.05, 0.1) is 0 Å². The molecule has 0 bridgehead atoms. The van der Waals surface area contributed by atoms with E-state index in [4.69, 9.17) is 5.11 Å². The standard InChI is InChI=1S/C11H12O4/c12-8-3-4-9-7(6-8)2-1-5-11(9,15)10(13)14/h3-4,6,12,15H,1-2,5H2,(H,13,14). The van der Waals surface area contributed by atoms with Gasteiger partial charge in [0.1, 0.15) is 5.75 Å². The van der Waals surface area contributed by atoms with Crippen molar-refractivity contribution in [1.82, 2.24) is 0 Å². The highest BCUT2D eigenvalue weighted by Gasteiger charge is 2.41. The summed E-state index contributed by atoms with van der Waals surface area (Å²) in [5.74, 6) is -1.13. The van der Waals surface area contributed by atoms with Crippen molar-refractivity contribution < 1.29 is 20.1 Å². The van der Waals surface area contributed by atoms with Gasteiger partial charge in [0, 0.05) is 0 Å². The van der Waals surface area contributed by atoms with Gasteiger partial charge in [-0.05, 0) is 42.5 Å². The number of rotatable bonds is 1. The second-order valence-corrected chi connectivity index (χ2v) is 3.86. The van der Waals surface area contributed by atoms with E-state index >= 15 is 0 Å². The second kappa shape index (κ2) is 3.24. The smallest absolute Gasteiger partial charge is 0.340 e. The predicted octanol–water partition coefficient (Wildman–Crippen LogP) is 1.00. The summed E-state index contributed by atoms with van der Waals surface area (Å²) >= 11 is 0. The van der Waals surface area contributed by atoms with E-state index in [2.05, 4.69) is 0 Å². The van der Waals surface area contributed by atoms with E-state index in [1.54, 1.807) is 0 Å². The molecule has 3 N–H and O–H groups in total. The van der Waals surface area contributed by atoms with Crippen LogP contribution in [-0.2, 0) is 16.8 Å². The van der Waals surface area contributed by atoms with Crippen LogP contribution in [0, 0.1) is 0 Å². The van der Waals surface area contributed by atoms with Crippen LogP contribution in [0.15, 0.2) is 18.2 Å². The topological polar surface area (TPSA) is 77.8 Å². The Morgan fingerprint density at radius 1 is 1.40 bits per heavy atom. The number of aliphatic carboxylic acids is 1. The van der Waals surface area contributed by atoms with E-state index in [0.717, 1.165) is 0 Å². The third kappa shape index (κ3) is 1.47. The minimum Gasteiger partial charge on any atom is -0.508 e. The van der Waals surface area contributed by atoms with Crippen LogP contribution in [0.25, 0.3) is 0 Å². The first-order valence-electron chi connectivity index (χ1n) is 4.82. The highest BCUT2D eigenvalue weighted by atomic mass is 16.4. The van der Waals surface area contributed by atoms with Crippen molar-refractivity contribution in [2.75, 3.05) is 0 Å². The molecule has 80 valence electrons. The summed E-state index contributed by atoms with van der Waals surface area (Å²) in [6.45, 7) is 0. The van der Waals surface area contributed by atoms with Crippen molar-refractivity contribution >= 4 is 5.97 Å². The average molecular weight is 208 g/mol. The Hall–Kier alpha value is -1.55. The van der Waals surface area contributed by atoms with Gasteiger partial charge in [0.2, 0.25) is 0 Å². The minimum absolute atomic E-state index is 0.100. The quantitative estimate of drug-likeness (QED) is 0.643. The summed E-state index contributed by atoms with van der Waals surface area (Å²) in [6, 6.07) is 4.40. The lowest BCUT2D eigenvalue weighted by Gasteiger charge is -2.30. The number of aliphatic hydroxyl groups is 1. The minimum atomic E-state index is -1.79. The number of aromatic hydroxyl groups is 1. The second-order valence-electron chi connectivity index (χ2n) is 3.86. The Morgan fingerprint density at radius 3 is 2.80 bits per heavy atom. The van der Waals surface area contributed by atoms with Gasteiger partial charge in [-0.1, -0.05) is 6.07 Å². The van der Waals surface area contributed by atoms with Gasteiger partial charge in [-0.3, -0.25) is 0 Å². The van der Waals surface area contributed by atoms with E-state index in [-0.39, 0.29) is 12.2 Å². The normalized spacial score (nSPS) is 24.6. The molecule has 0 amide bonds. The molecule has 4 nitrogen and oxygen atoms in total. The van der Waals surface area contributed by atoms with Crippen LogP contribution >= 0.6 is 0 Å². The number of phenols is 1. The van der Waals surface area contributed by atoms with Gasteiger partial charge >= 0.3 is 5.97 Å². The Kier molecular flexibility index (Phi) is 2.16. The molecule has 0 radical (unpaired) electrons. The largest absolute Gasteiger partial charge is 0.508 e. The maximum absolute atomic E-state index is 11.0. The van der Waals surface area contributed by atoms with Gasteiger partial charge in [-0.15, -0.1) is 0 Å². The molecule has 0 fully saturated rings. The monoisotopic (exact) mass is 208 g/mol. The van der Waals surface area contributed by atoms with Gasteiger partial charge in [-0.2, -0.15) is 0 Å². The van der Waals surface area contributed by atoms with Crippen LogP contribution in [0.1, 0.15) is 24.0 Å². The number of benzene rings is 1. The number of carboxylic acids is 1. The van der Waals surface area contributed by atoms with E-state index in [1.807, 2.05) is 0 Å². The zero-order chi connectivity index (χ0) is 11.1. The maximum Gasteiger partial charge on any atom is 0.340 e. The van der Waals surface area contributed by atoms with Crippen LogP contribution in [-0.4, -0.2) is 21.3 Å². The van der Waals surface area contributed by atoms with Gasteiger partial charge in [0.15, 0.2) is 5.60 Å². The maximum atomic E-state index is 11.0. The van der Waals surface area contributed by atoms with Gasteiger partial charge in [0.25, 0.3) is 0 Å². The van der Waals surface area contributed by atoms with E-state index in [0.29, 0.717) is 24.0 Å². The number of fused-ring (bicyclic) bond motifs is 1. The molecule has 15 heavy (non-hydrogen) atoms. The van der Waals surface area contributed by atoms with Gasteiger partial charge < -0.3 is 15.3 Å². The third-order valence-corrected chi connectivity index (χ3v) is 2.87. The molecule has 0 saturated carbocycles. The molecule has 1 unspecified atom stereocenters. The third-order valence-electron chi connectivity index (χ3n) is 2.87. The van der Waals surface area contributed by atoms with Crippen LogP contribution in [0.4, 0.5) is 0 Å². The van der Waals surface area contributed by atoms with Crippen molar-refractivity contribution in [2.24, 2.45) is 0 Å². The summed E-state index contributed by atoms with van der Waals surface area (Å²) < 4.78 is 0. The first kappa shape index (κ1) is 9.98. The van der Waals surface area contributed by atoms with Crippen molar-refractivity contribution in [2.45, 2.75) is 24.9 Å². The SMILES string of the molecule is O=C(O)C1(O)CCCc2cc(O)ccc21. The fourth-order valence-electron chi connectivity index (χ4n) is 2.08. The van der Waals surface area contributed by atoms with Gasteiger partial charge in [-0.25, -0.2) is 4.79 Å². The molecular formula is C11H12O4. The number of carbonyl (C=O) groups is 1. The summed E-state index contributed by atoms with van der Waals surface area (Å²) in [4.78, 5) is 11.0. The average Bonchev–Trinajstić information content (AvgIpc) is 2.17. The zero-order valence-corrected chi connectivity index (χ0v) is 8.10. The Bertz CT molecular complexity index is 413. The fourth-order valence-corrected chi connectivity index (χ4v) is 2.08. The van der Waals surface area contributed by atoms with Crippen molar-refractivity contribution in [3.8, 4) is 5.75 Å². The Labute approximate surface area is 86.8 Å². The number of aryl methyl sites for hydroxylation is 1. The van der Waals surface area contributed by atoms with Crippen molar-refractivity contribution in [3.63, 3.8) is 0 Å². The molecule has 1 aliphatic rings. The molecule has 1 aromatic rings. The first-order valence-corrected chi connectivity index (χ1v) is 4.82. The zero-order valence-electron chi connectivity index (χ0n) is 8.10. The van der Waals surface area contributed by atoms with Crippen LogP contribution in [0.5, 0.6) is 5.75 Å².